The van der Waals surface area contributed by atoms with Crippen molar-refractivity contribution in [1.82, 2.24) is 9.97 Å². The average molecular weight is 233 g/mol. The molecule has 0 aliphatic heterocycles. The van der Waals surface area contributed by atoms with Gasteiger partial charge in [-0.1, -0.05) is 0 Å². The lowest BCUT2D eigenvalue weighted by Crippen LogP contribution is -2.38. The summed E-state index contributed by atoms with van der Waals surface area (Å²) < 4.78 is 5.63. The van der Waals surface area contributed by atoms with E-state index in [1.165, 1.54) is 25.0 Å². The predicted octanol–water partition coefficient (Wildman–Crippen LogP) is 1.84. The normalized spacial score (nSPS) is 22.2. The van der Waals surface area contributed by atoms with E-state index in [1.807, 2.05) is 6.20 Å². The highest BCUT2D eigenvalue weighted by atomic mass is 16.5. The van der Waals surface area contributed by atoms with Crippen molar-refractivity contribution in [1.29, 1.82) is 0 Å². The number of nitrogens with zero attached hydrogens (tertiary/aromatic N) is 2. The van der Waals surface area contributed by atoms with Crippen LogP contribution in [0, 0.1) is 0 Å². The predicted molar refractivity (Wildman–Crippen MR) is 64.4 cm³/mol. The van der Waals surface area contributed by atoms with E-state index in [0.717, 1.165) is 24.2 Å². The zero-order valence-electron chi connectivity index (χ0n) is 10.3. The maximum absolute atomic E-state index is 5.74. The molecule has 4 nitrogen and oxygen atoms in total. The summed E-state index contributed by atoms with van der Waals surface area (Å²) in [6.07, 6.45) is 7.65. The van der Waals surface area contributed by atoms with Crippen LogP contribution in [0.2, 0.25) is 0 Å². The van der Waals surface area contributed by atoms with Gasteiger partial charge < -0.3 is 10.5 Å². The Morgan fingerprint density at radius 3 is 2.71 bits per heavy atom. The minimum Gasteiger partial charge on any atom is -0.370 e. The van der Waals surface area contributed by atoms with Crippen molar-refractivity contribution < 1.29 is 4.74 Å². The van der Waals surface area contributed by atoms with Gasteiger partial charge in [0.2, 0.25) is 0 Å². The maximum Gasteiger partial charge on any atom is 0.160 e. The summed E-state index contributed by atoms with van der Waals surface area (Å²) in [4.78, 5) is 9.22. The van der Waals surface area contributed by atoms with Crippen molar-refractivity contribution >= 4 is 0 Å². The molecule has 4 heteroatoms. The summed E-state index contributed by atoms with van der Waals surface area (Å²) in [6, 6.07) is 0. The van der Waals surface area contributed by atoms with Crippen molar-refractivity contribution in [2.24, 2.45) is 5.73 Å². The lowest BCUT2D eigenvalue weighted by molar-refractivity contribution is -0.0848. The fourth-order valence-electron chi connectivity index (χ4n) is 2.52. The summed E-state index contributed by atoms with van der Waals surface area (Å²) in [6.45, 7) is 0.534. The fourth-order valence-corrected chi connectivity index (χ4v) is 2.52. The highest BCUT2D eigenvalue weighted by Crippen LogP contribution is 2.45. The molecule has 0 bridgehead atoms. The third-order valence-corrected chi connectivity index (χ3v) is 4.04. The van der Waals surface area contributed by atoms with Crippen LogP contribution in [-0.4, -0.2) is 17.1 Å². The Labute approximate surface area is 102 Å². The molecule has 92 valence electrons. The molecule has 1 aromatic heterocycles. The average Bonchev–Trinajstić information content (AvgIpc) is 3.12. The van der Waals surface area contributed by atoms with Gasteiger partial charge in [0.15, 0.2) is 5.82 Å². The number of hydrogen-bond donors (Lipinski definition) is 1. The Morgan fingerprint density at radius 2 is 2.24 bits per heavy atom. The van der Waals surface area contributed by atoms with Crippen LogP contribution in [0.1, 0.15) is 55.1 Å². The molecule has 0 saturated heterocycles. The van der Waals surface area contributed by atoms with Gasteiger partial charge >= 0.3 is 0 Å². The van der Waals surface area contributed by atoms with Gasteiger partial charge in [-0.3, -0.25) is 0 Å². The SMILES string of the molecule is COC1(c2ncc(CN)c(C3CC3)n2)CCC1. The molecule has 0 spiro atoms. The first kappa shape index (κ1) is 11.1. The topological polar surface area (TPSA) is 61.0 Å². The fraction of sp³-hybridized carbons (Fsp3) is 0.692. The first-order valence-electron chi connectivity index (χ1n) is 6.40. The maximum atomic E-state index is 5.74. The van der Waals surface area contributed by atoms with Crippen LogP contribution >= 0.6 is 0 Å². The van der Waals surface area contributed by atoms with Crippen molar-refractivity contribution in [3.05, 3.63) is 23.3 Å². The highest BCUT2D eigenvalue weighted by Gasteiger charge is 2.42. The van der Waals surface area contributed by atoms with Gasteiger partial charge in [-0.25, -0.2) is 9.97 Å². The van der Waals surface area contributed by atoms with Gasteiger partial charge in [0, 0.05) is 31.3 Å². The smallest absolute Gasteiger partial charge is 0.160 e. The summed E-state index contributed by atoms with van der Waals surface area (Å²) in [5.41, 5.74) is 7.80. The third-order valence-electron chi connectivity index (χ3n) is 4.04. The lowest BCUT2D eigenvalue weighted by Gasteiger charge is -2.39. The largest absolute Gasteiger partial charge is 0.370 e. The Kier molecular flexibility index (Phi) is 2.64. The van der Waals surface area contributed by atoms with Crippen LogP contribution in [0.4, 0.5) is 0 Å². The third kappa shape index (κ3) is 1.76. The molecule has 1 heterocycles. The molecule has 1 aromatic rings. The molecule has 3 rings (SSSR count). The molecule has 0 aromatic carbocycles. The Morgan fingerprint density at radius 1 is 1.47 bits per heavy atom. The van der Waals surface area contributed by atoms with E-state index in [0.29, 0.717) is 12.5 Å². The number of hydrogen-bond acceptors (Lipinski definition) is 4. The van der Waals surface area contributed by atoms with Crippen LogP contribution in [0.5, 0.6) is 0 Å². The van der Waals surface area contributed by atoms with E-state index >= 15 is 0 Å². The summed E-state index contributed by atoms with van der Waals surface area (Å²) >= 11 is 0. The Bertz CT molecular complexity index is 419. The minimum absolute atomic E-state index is 0.212. The second-order valence-corrected chi connectivity index (χ2v) is 5.13. The quantitative estimate of drug-likeness (QED) is 0.862. The number of rotatable bonds is 4. The van der Waals surface area contributed by atoms with Gasteiger partial charge in [0.25, 0.3) is 0 Å². The number of aromatic nitrogens is 2. The van der Waals surface area contributed by atoms with E-state index in [4.69, 9.17) is 15.5 Å². The van der Waals surface area contributed by atoms with E-state index in [1.54, 1.807) is 7.11 Å². The minimum atomic E-state index is -0.212. The number of methoxy groups -OCH3 is 1. The van der Waals surface area contributed by atoms with Crippen molar-refractivity contribution in [2.45, 2.75) is 50.2 Å². The standard InChI is InChI=1S/C13H19N3O/c1-17-13(5-2-6-13)12-15-8-10(7-14)11(16-12)9-3-4-9/h8-9H,2-7,14H2,1H3. The Hall–Kier alpha value is -1.00. The zero-order valence-corrected chi connectivity index (χ0v) is 10.3. The van der Waals surface area contributed by atoms with E-state index in [9.17, 15) is 0 Å². The van der Waals surface area contributed by atoms with Crippen LogP contribution in [0.15, 0.2) is 6.20 Å². The van der Waals surface area contributed by atoms with Crippen molar-refractivity contribution in [3.63, 3.8) is 0 Å². The summed E-state index contributed by atoms with van der Waals surface area (Å²) in [5.74, 6) is 1.48. The first-order chi connectivity index (χ1) is 8.29. The molecular formula is C13H19N3O. The second kappa shape index (κ2) is 4.03. The van der Waals surface area contributed by atoms with Crippen molar-refractivity contribution in [2.75, 3.05) is 7.11 Å². The van der Waals surface area contributed by atoms with Gasteiger partial charge in [-0.05, 0) is 32.1 Å². The first-order valence-corrected chi connectivity index (χ1v) is 6.40. The van der Waals surface area contributed by atoms with Crippen LogP contribution in [0.3, 0.4) is 0 Å². The highest BCUT2D eigenvalue weighted by molar-refractivity contribution is 5.26. The van der Waals surface area contributed by atoms with Gasteiger partial charge in [0.05, 0.1) is 5.69 Å². The van der Waals surface area contributed by atoms with E-state index in [2.05, 4.69) is 4.98 Å². The molecular weight excluding hydrogens is 214 g/mol. The van der Waals surface area contributed by atoms with E-state index in [-0.39, 0.29) is 5.60 Å². The van der Waals surface area contributed by atoms with Gasteiger partial charge in [-0.2, -0.15) is 0 Å². The number of nitrogens with two attached hydrogens (primary N) is 1. The molecule has 0 radical (unpaired) electrons. The van der Waals surface area contributed by atoms with Gasteiger partial charge in [-0.15, -0.1) is 0 Å². The summed E-state index contributed by atoms with van der Waals surface area (Å²) in [7, 11) is 1.76. The Balaban J connectivity index is 1.98. The zero-order chi connectivity index (χ0) is 11.9. The monoisotopic (exact) mass is 233 g/mol. The molecule has 2 aliphatic rings. The molecule has 2 aliphatic carbocycles. The molecule has 0 unspecified atom stereocenters. The van der Waals surface area contributed by atoms with E-state index < -0.39 is 0 Å². The van der Waals surface area contributed by atoms with Crippen LogP contribution < -0.4 is 5.73 Å². The lowest BCUT2D eigenvalue weighted by atomic mass is 9.79. The molecule has 0 amide bonds. The molecule has 2 fully saturated rings. The summed E-state index contributed by atoms with van der Waals surface area (Å²) in [5, 5.41) is 0. The van der Waals surface area contributed by atoms with Gasteiger partial charge in [0.1, 0.15) is 5.60 Å². The molecule has 17 heavy (non-hydrogen) atoms. The molecule has 0 atom stereocenters. The van der Waals surface area contributed by atoms with Crippen LogP contribution in [-0.2, 0) is 16.9 Å². The number of ether oxygens (including phenoxy) is 1. The molecule has 2 N–H and O–H groups in total. The molecule has 2 saturated carbocycles. The van der Waals surface area contributed by atoms with Crippen molar-refractivity contribution in [3.8, 4) is 0 Å². The second-order valence-electron chi connectivity index (χ2n) is 5.13. The van der Waals surface area contributed by atoms with Crippen LogP contribution in [0.25, 0.3) is 0 Å².